The van der Waals surface area contributed by atoms with Crippen LogP contribution in [0.25, 0.3) is 21.9 Å². The van der Waals surface area contributed by atoms with Crippen LogP contribution in [0.4, 0.5) is 0 Å². The molecule has 0 aliphatic rings. The summed E-state index contributed by atoms with van der Waals surface area (Å²) in [5, 5.41) is 2.49. The van der Waals surface area contributed by atoms with Gasteiger partial charge in [0.1, 0.15) is 11.5 Å². The lowest BCUT2D eigenvalue weighted by Crippen LogP contribution is -1.91. The summed E-state index contributed by atoms with van der Waals surface area (Å²) in [5.41, 5.74) is 3.60. The fraction of sp³-hybridized carbons (Fsp3) is 0.0435. The van der Waals surface area contributed by atoms with Gasteiger partial charge in [-0.25, -0.2) is 0 Å². The molecule has 0 unspecified atom stereocenters. The summed E-state index contributed by atoms with van der Waals surface area (Å²) in [6.07, 6.45) is 0. The molecule has 0 radical (unpaired) electrons. The first-order valence-corrected chi connectivity index (χ1v) is 8.13. The Morgan fingerprint density at radius 2 is 1.33 bits per heavy atom. The number of fused-ring (bicyclic) bond motifs is 1. The van der Waals surface area contributed by atoms with E-state index in [-0.39, 0.29) is 0 Å². The molecule has 0 saturated carbocycles. The highest BCUT2D eigenvalue weighted by Gasteiger charge is 2.12. The third-order valence-corrected chi connectivity index (χ3v) is 4.26. The van der Waals surface area contributed by atoms with Crippen molar-refractivity contribution < 1.29 is 4.74 Å². The predicted octanol–water partition coefficient (Wildman–Crippen LogP) is 6.61. The van der Waals surface area contributed by atoms with E-state index in [0.717, 1.165) is 17.1 Å². The summed E-state index contributed by atoms with van der Waals surface area (Å²) in [5.74, 6) is 1.73. The van der Waals surface area contributed by atoms with E-state index in [2.05, 4.69) is 55.5 Å². The van der Waals surface area contributed by atoms with Gasteiger partial charge in [0.05, 0.1) is 0 Å². The molecular weight excluding hydrogens is 292 g/mol. The Labute approximate surface area is 142 Å². The second kappa shape index (κ2) is 6.21. The lowest BCUT2D eigenvalue weighted by Gasteiger charge is -2.15. The van der Waals surface area contributed by atoms with Gasteiger partial charge in [0.15, 0.2) is 0 Å². The van der Waals surface area contributed by atoms with Gasteiger partial charge in [0.2, 0.25) is 0 Å². The van der Waals surface area contributed by atoms with E-state index in [9.17, 15) is 0 Å². The molecule has 24 heavy (non-hydrogen) atoms. The van der Waals surface area contributed by atoms with Crippen LogP contribution in [0.1, 0.15) is 5.56 Å². The van der Waals surface area contributed by atoms with Crippen LogP contribution in [-0.2, 0) is 0 Å². The SMILES string of the molecule is Cc1ccc2ccccc2c1-c1ccccc1Oc1ccccc1. The number of benzene rings is 4. The second-order valence-electron chi connectivity index (χ2n) is 5.89. The lowest BCUT2D eigenvalue weighted by atomic mass is 9.93. The Kier molecular flexibility index (Phi) is 3.76. The zero-order valence-corrected chi connectivity index (χ0v) is 13.6. The maximum Gasteiger partial charge on any atom is 0.135 e. The fourth-order valence-corrected chi connectivity index (χ4v) is 3.12. The molecule has 0 aromatic heterocycles. The third-order valence-electron chi connectivity index (χ3n) is 4.26. The van der Waals surface area contributed by atoms with Crippen molar-refractivity contribution in [2.75, 3.05) is 0 Å². The number of rotatable bonds is 3. The summed E-state index contributed by atoms with van der Waals surface area (Å²) in [7, 11) is 0. The molecule has 0 aliphatic heterocycles. The summed E-state index contributed by atoms with van der Waals surface area (Å²) in [6, 6.07) is 31.0. The van der Waals surface area contributed by atoms with Crippen LogP contribution in [0.15, 0.2) is 91.0 Å². The average molecular weight is 310 g/mol. The van der Waals surface area contributed by atoms with Crippen LogP contribution in [0.2, 0.25) is 0 Å². The average Bonchev–Trinajstić information content (AvgIpc) is 2.63. The molecule has 0 amide bonds. The minimum atomic E-state index is 0.850. The number of hydrogen-bond acceptors (Lipinski definition) is 1. The Bertz CT molecular complexity index is 987. The van der Waals surface area contributed by atoms with E-state index in [1.54, 1.807) is 0 Å². The molecule has 0 N–H and O–H groups in total. The standard InChI is InChI=1S/C23H18O/c1-17-15-16-18-9-5-6-12-20(18)23(17)21-13-7-8-14-22(21)24-19-10-3-2-4-11-19/h2-16H,1H3. The molecule has 4 aromatic rings. The molecule has 0 aliphatic carbocycles. The minimum Gasteiger partial charge on any atom is -0.457 e. The van der Waals surface area contributed by atoms with Gasteiger partial charge >= 0.3 is 0 Å². The Morgan fingerprint density at radius 1 is 0.625 bits per heavy atom. The van der Waals surface area contributed by atoms with Gasteiger partial charge in [-0.3, -0.25) is 0 Å². The molecule has 116 valence electrons. The molecule has 0 heterocycles. The number of para-hydroxylation sites is 2. The van der Waals surface area contributed by atoms with Crippen molar-refractivity contribution in [3.8, 4) is 22.6 Å². The zero-order valence-electron chi connectivity index (χ0n) is 13.6. The first kappa shape index (κ1) is 14.5. The van der Waals surface area contributed by atoms with Crippen LogP contribution >= 0.6 is 0 Å². The number of aryl methyl sites for hydroxylation is 1. The topological polar surface area (TPSA) is 9.23 Å². The molecule has 0 fully saturated rings. The van der Waals surface area contributed by atoms with E-state index in [1.807, 2.05) is 42.5 Å². The van der Waals surface area contributed by atoms with Crippen molar-refractivity contribution in [2.24, 2.45) is 0 Å². The molecular formula is C23H18O. The zero-order chi connectivity index (χ0) is 16.4. The van der Waals surface area contributed by atoms with Crippen LogP contribution < -0.4 is 4.74 Å². The first-order valence-electron chi connectivity index (χ1n) is 8.13. The van der Waals surface area contributed by atoms with E-state index < -0.39 is 0 Å². The van der Waals surface area contributed by atoms with E-state index in [1.165, 1.54) is 21.9 Å². The van der Waals surface area contributed by atoms with Crippen molar-refractivity contribution in [1.29, 1.82) is 0 Å². The van der Waals surface area contributed by atoms with Crippen molar-refractivity contribution in [2.45, 2.75) is 6.92 Å². The van der Waals surface area contributed by atoms with Gasteiger partial charge in [-0.05, 0) is 47.0 Å². The maximum atomic E-state index is 6.17. The highest BCUT2D eigenvalue weighted by Crippen LogP contribution is 2.39. The predicted molar refractivity (Wildman–Crippen MR) is 101 cm³/mol. The lowest BCUT2D eigenvalue weighted by molar-refractivity contribution is 0.484. The monoisotopic (exact) mass is 310 g/mol. The molecule has 0 bridgehead atoms. The van der Waals surface area contributed by atoms with Crippen LogP contribution in [-0.4, -0.2) is 0 Å². The summed E-state index contributed by atoms with van der Waals surface area (Å²) in [4.78, 5) is 0. The molecule has 0 atom stereocenters. The summed E-state index contributed by atoms with van der Waals surface area (Å²) in [6.45, 7) is 2.15. The maximum absolute atomic E-state index is 6.17. The molecule has 4 aromatic carbocycles. The van der Waals surface area contributed by atoms with Crippen molar-refractivity contribution in [1.82, 2.24) is 0 Å². The van der Waals surface area contributed by atoms with Gasteiger partial charge in [-0.1, -0.05) is 72.8 Å². The van der Waals surface area contributed by atoms with Gasteiger partial charge in [0.25, 0.3) is 0 Å². The highest BCUT2D eigenvalue weighted by atomic mass is 16.5. The van der Waals surface area contributed by atoms with Gasteiger partial charge in [0, 0.05) is 5.56 Å². The van der Waals surface area contributed by atoms with Crippen LogP contribution in [0, 0.1) is 6.92 Å². The van der Waals surface area contributed by atoms with Crippen molar-refractivity contribution >= 4 is 10.8 Å². The van der Waals surface area contributed by atoms with E-state index >= 15 is 0 Å². The highest BCUT2D eigenvalue weighted by molar-refractivity contribution is 5.99. The van der Waals surface area contributed by atoms with Crippen molar-refractivity contribution in [3.63, 3.8) is 0 Å². The molecule has 4 rings (SSSR count). The smallest absolute Gasteiger partial charge is 0.135 e. The summed E-state index contributed by atoms with van der Waals surface area (Å²) < 4.78 is 6.17. The largest absolute Gasteiger partial charge is 0.457 e. The normalized spacial score (nSPS) is 10.7. The molecule has 0 saturated heterocycles. The van der Waals surface area contributed by atoms with Gasteiger partial charge < -0.3 is 4.74 Å². The molecule has 0 spiro atoms. The Balaban J connectivity index is 1.91. The molecule has 1 heteroatoms. The quantitative estimate of drug-likeness (QED) is 0.414. The van der Waals surface area contributed by atoms with Gasteiger partial charge in [-0.15, -0.1) is 0 Å². The number of ether oxygens (including phenoxy) is 1. The Morgan fingerprint density at radius 3 is 2.21 bits per heavy atom. The fourth-order valence-electron chi connectivity index (χ4n) is 3.12. The summed E-state index contributed by atoms with van der Waals surface area (Å²) >= 11 is 0. The second-order valence-corrected chi connectivity index (χ2v) is 5.89. The molecule has 1 nitrogen and oxygen atoms in total. The number of hydrogen-bond donors (Lipinski definition) is 0. The minimum absolute atomic E-state index is 0.850. The van der Waals surface area contributed by atoms with Crippen LogP contribution in [0.5, 0.6) is 11.5 Å². The Hall–Kier alpha value is -3.06. The third kappa shape index (κ3) is 2.65. The first-order chi connectivity index (χ1) is 11.8. The van der Waals surface area contributed by atoms with Gasteiger partial charge in [-0.2, -0.15) is 0 Å². The van der Waals surface area contributed by atoms with E-state index in [0.29, 0.717) is 0 Å². The van der Waals surface area contributed by atoms with Crippen molar-refractivity contribution in [3.05, 3.63) is 96.6 Å². The van der Waals surface area contributed by atoms with Crippen LogP contribution in [0.3, 0.4) is 0 Å². The van der Waals surface area contributed by atoms with E-state index in [4.69, 9.17) is 4.74 Å².